The van der Waals surface area contributed by atoms with E-state index in [1.165, 1.54) is 22.7 Å². The van der Waals surface area contributed by atoms with Gasteiger partial charge in [0.2, 0.25) is 0 Å². The van der Waals surface area contributed by atoms with Gasteiger partial charge >= 0.3 is 0 Å². The third-order valence-corrected chi connectivity index (χ3v) is 9.22. The molecule has 0 radical (unpaired) electrons. The quantitative estimate of drug-likeness (QED) is 0.221. The molecule has 2 aromatic heterocycles. The van der Waals surface area contributed by atoms with Crippen molar-refractivity contribution in [2.24, 2.45) is 4.40 Å². The van der Waals surface area contributed by atoms with E-state index in [2.05, 4.69) is 4.40 Å². The van der Waals surface area contributed by atoms with Gasteiger partial charge in [0.1, 0.15) is 15.9 Å². The Kier molecular flexibility index (Phi) is 5.92. The molecule has 6 aromatic rings. The van der Waals surface area contributed by atoms with Gasteiger partial charge in [0.05, 0.1) is 31.0 Å². The van der Waals surface area contributed by atoms with Gasteiger partial charge < -0.3 is 0 Å². The maximum atomic E-state index is 13.5. The van der Waals surface area contributed by atoms with Crippen molar-refractivity contribution in [3.8, 4) is 0 Å². The van der Waals surface area contributed by atoms with Crippen molar-refractivity contribution in [1.82, 2.24) is 9.97 Å². The van der Waals surface area contributed by atoms with Crippen LogP contribution in [0.2, 0.25) is 0 Å². The van der Waals surface area contributed by atoms with E-state index in [9.17, 15) is 8.42 Å². The standard InChI is InChI=1S/C28H19N3O2S3/c32-36(33,20-13-5-2-6-14-20)31-26(19-11-3-1-4-12-19)25(27-29-21-15-7-9-17-23(21)34-27)28-30-22-16-8-10-18-24(22)35-28/h1-18,25H. The highest BCUT2D eigenvalue weighted by molar-refractivity contribution is 7.90. The van der Waals surface area contributed by atoms with Crippen LogP contribution in [-0.4, -0.2) is 24.1 Å². The maximum Gasteiger partial charge on any atom is 0.282 e. The summed E-state index contributed by atoms with van der Waals surface area (Å²) in [5.41, 5.74) is 2.84. The molecule has 0 amide bonds. The summed E-state index contributed by atoms with van der Waals surface area (Å²) in [7, 11) is -3.99. The van der Waals surface area contributed by atoms with Crippen molar-refractivity contribution in [3.05, 3.63) is 125 Å². The summed E-state index contributed by atoms with van der Waals surface area (Å²) < 4.78 is 33.5. The lowest BCUT2D eigenvalue weighted by Gasteiger charge is -2.16. The normalized spacial score (nSPS) is 12.5. The summed E-state index contributed by atoms with van der Waals surface area (Å²) >= 11 is 3.07. The largest absolute Gasteiger partial charge is 0.282 e. The van der Waals surface area contributed by atoms with Gasteiger partial charge in [0.25, 0.3) is 10.0 Å². The molecule has 36 heavy (non-hydrogen) atoms. The average Bonchev–Trinajstić information content (AvgIpc) is 3.53. The second-order valence-electron chi connectivity index (χ2n) is 8.10. The molecule has 8 heteroatoms. The minimum atomic E-state index is -3.99. The Balaban J connectivity index is 1.63. The molecule has 0 unspecified atom stereocenters. The number of nitrogens with zero attached hydrogens (tertiary/aromatic N) is 3. The van der Waals surface area contributed by atoms with Crippen molar-refractivity contribution in [2.75, 3.05) is 0 Å². The van der Waals surface area contributed by atoms with Gasteiger partial charge in [-0.05, 0) is 42.0 Å². The average molecular weight is 526 g/mol. The molecular formula is C28H19N3O2S3. The maximum absolute atomic E-state index is 13.5. The van der Waals surface area contributed by atoms with E-state index < -0.39 is 15.9 Å². The second kappa shape index (κ2) is 9.39. The molecule has 0 atom stereocenters. The molecule has 0 spiro atoms. The first-order valence-electron chi connectivity index (χ1n) is 11.2. The summed E-state index contributed by atoms with van der Waals surface area (Å²) in [6.45, 7) is 0. The van der Waals surface area contributed by atoms with Crippen molar-refractivity contribution < 1.29 is 8.42 Å². The molecule has 5 nitrogen and oxygen atoms in total. The van der Waals surface area contributed by atoms with E-state index in [0.717, 1.165) is 30.4 Å². The lowest BCUT2D eigenvalue weighted by molar-refractivity contribution is 0.598. The topological polar surface area (TPSA) is 72.3 Å². The van der Waals surface area contributed by atoms with Crippen molar-refractivity contribution in [1.29, 1.82) is 0 Å². The van der Waals surface area contributed by atoms with Crippen LogP contribution in [0, 0.1) is 0 Å². The van der Waals surface area contributed by atoms with Gasteiger partial charge in [-0.1, -0.05) is 72.8 Å². The Morgan fingerprint density at radius 1 is 0.639 bits per heavy atom. The van der Waals surface area contributed by atoms with Gasteiger partial charge in [-0.25, -0.2) is 9.97 Å². The fourth-order valence-electron chi connectivity index (χ4n) is 4.02. The number of para-hydroxylation sites is 2. The van der Waals surface area contributed by atoms with E-state index >= 15 is 0 Å². The van der Waals surface area contributed by atoms with Crippen molar-refractivity contribution >= 4 is 58.8 Å². The highest BCUT2D eigenvalue weighted by Gasteiger charge is 2.31. The van der Waals surface area contributed by atoms with Crippen LogP contribution in [0.3, 0.4) is 0 Å². The van der Waals surface area contributed by atoms with E-state index in [4.69, 9.17) is 9.97 Å². The van der Waals surface area contributed by atoms with Crippen LogP contribution in [0.1, 0.15) is 21.5 Å². The Morgan fingerprint density at radius 3 is 1.64 bits per heavy atom. The van der Waals surface area contributed by atoms with Gasteiger partial charge in [-0.15, -0.1) is 22.7 Å². The number of benzene rings is 4. The van der Waals surface area contributed by atoms with Crippen molar-refractivity contribution in [2.45, 2.75) is 10.8 Å². The van der Waals surface area contributed by atoms with Gasteiger partial charge in [0, 0.05) is 0 Å². The second-order valence-corrected chi connectivity index (χ2v) is 11.8. The molecule has 2 heterocycles. The molecular weight excluding hydrogens is 507 g/mol. The van der Waals surface area contributed by atoms with E-state index in [0.29, 0.717) is 11.3 Å². The van der Waals surface area contributed by atoms with Crippen LogP contribution in [0.4, 0.5) is 0 Å². The minimum Gasteiger partial charge on any atom is -0.240 e. The predicted molar refractivity (Wildman–Crippen MR) is 148 cm³/mol. The highest BCUT2D eigenvalue weighted by atomic mass is 32.2. The SMILES string of the molecule is O=S(=O)(N=C(c1ccccc1)C(c1nc2ccccc2s1)c1nc2ccccc2s1)c1ccccc1. The fraction of sp³-hybridized carbons (Fsp3) is 0.0357. The third kappa shape index (κ3) is 4.35. The van der Waals surface area contributed by atoms with Crippen molar-refractivity contribution in [3.63, 3.8) is 0 Å². The Bertz CT molecular complexity index is 1670. The number of hydrogen-bond acceptors (Lipinski definition) is 6. The zero-order chi connectivity index (χ0) is 24.5. The predicted octanol–water partition coefficient (Wildman–Crippen LogP) is 6.92. The lowest BCUT2D eigenvalue weighted by Crippen LogP contribution is -2.18. The van der Waals surface area contributed by atoms with Gasteiger partial charge in [0.15, 0.2) is 0 Å². The minimum absolute atomic E-state index is 0.144. The number of fused-ring (bicyclic) bond motifs is 2. The molecule has 0 bridgehead atoms. The lowest BCUT2D eigenvalue weighted by atomic mass is 9.97. The summed E-state index contributed by atoms with van der Waals surface area (Å²) in [5.74, 6) is -0.555. The first kappa shape index (κ1) is 22.7. The van der Waals surface area contributed by atoms with Gasteiger partial charge in [-0.2, -0.15) is 12.8 Å². The molecule has 0 fully saturated rings. The molecule has 0 aliphatic heterocycles. The number of hydrogen-bond donors (Lipinski definition) is 0. The van der Waals surface area contributed by atoms with Crippen LogP contribution >= 0.6 is 22.7 Å². The van der Waals surface area contributed by atoms with Crippen LogP contribution in [0.5, 0.6) is 0 Å². The number of thiazole rings is 2. The summed E-state index contributed by atoms with van der Waals surface area (Å²) in [5, 5.41) is 1.50. The van der Waals surface area contributed by atoms with E-state index in [1.807, 2.05) is 78.9 Å². The van der Waals surface area contributed by atoms with Gasteiger partial charge in [-0.3, -0.25) is 0 Å². The third-order valence-electron chi connectivity index (χ3n) is 5.72. The molecule has 0 saturated heterocycles. The Labute approximate surface area is 216 Å². The molecule has 6 rings (SSSR count). The Hall–Kier alpha value is -3.72. The zero-order valence-electron chi connectivity index (χ0n) is 18.9. The van der Waals surface area contributed by atoms with Crippen LogP contribution in [-0.2, 0) is 10.0 Å². The molecule has 0 N–H and O–H groups in total. The van der Waals surface area contributed by atoms with Crippen LogP contribution in [0.15, 0.2) is 118 Å². The molecule has 176 valence electrons. The summed E-state index contributed by atoms with van der Waals surface area (Å²) in [4.78, 5) is 9.98. The van der Waals surface area contributed by atoms with Crippen LogP contribution < -0.4 is 0 Å². The Morgan fingerprint density at radius 2 is 1.11 bits per heavy atom. The van der Waals surface area contributed by atoms with E-state index in [-0.39, 0.29) is 4.90 Å². The molecule has 0 aliphatic carbocycles. The smallest absolute Gasteiger partial charge is 0.240 e. The van der Waals surface area contributed by atoms with Crippen LogP contribution in [0.25, 0.3) is 20.4 Å². The first-order valence-corrected chi connectivity index (χ1v) is 14.3. The summed E-state index contributed by atoms with van der Waals surface area (Å²) in [6, 6.07) is 33.5. The fourth-order valence-corrected chi connectivity index (χ4v) is 7.32. The molecule has 0 aliphatic rings. The molecule has 4 aromatic carbocycles. The molecule has 0 saturated carbocycles. The van der Waals surface area contributed by atoms with E-state index in [1.54, 1.807) is 30.3 Å². The number of rotatable bonds is 6. The number of aromatic nitrogens is 2. The first-order chi connectivity index (χ1) is 17.6. The summed E-state index contributed by atoms with van der Waals surface area (Å²) in [6.07, 6.45) is 0. The number of sulfonamides is 1. The zero-order valence-corrected chi connectivity index (χ0v) is 21.3. The monoisotopic (exact) mass is 525 g/mol. The highest BCUT2D eigenvalue weighted by Crippen LogP contribution is 2.38.